The molecular formula is C23H25N9O5S2. The zero-order chi connectivity index (χ0) is 30.5. The van der Waals surface area contributed by atoms with Crippen LogP contribution in [0, 0.1) is 0 Å². The summed E-state index contributed by atoms with van der Waals surface area (Å²) in [6.45, 7) is -2.69. The minimum atomic E-state index is -3.38. The number of amides is 1. The minimum Gasteiger partial charge on any atom is -0.494 e. The fraction of sp³-hybridized carbons (Fsp3) is 0.217. The van der Waals surface area contributed by atoms with E-state index in [2.05, 4.69) is 40.7 Å². The molecular weight excluding hydrogens is 546 g/mol. The number of anilines is 4. The molecule has 4 N–H and O–H groups in total. The Bertz CT molecular complexity index is 1680. The van der Waals surface area contributed by atoms with Gasteiger partial charge in [-0.2, -0.15) is 0 Å². The van der Waals surface area contributed by atoms with Gasteiger partial charge in [-0.05, 0) is 18.2 Å². The van der Waals surface area contributed by atoms with E-state index in [-0.39, 0.29) is 23.7 Å². The maximum Gasteiger partial charge on any atom is 0.273 e. The minimum absolute atomic E-state index is 0.0791. The number of aromatic nitrogens is 5. The maximum atomic E-state index is 12.8. The van der Waals surface area contributed by atoms with Crippen LogP contribution in [0.3, 0.4) is 0 Å². The molecule has 3 heterocycles. The van der Waals surface area contributed by atoms with Gasteiger partial charge in [0.2, 0.25) is 15.9 Å². The number of ether oxygens (including phenoxy) is 2. The van der Waals surface area contributed by atoms with Crippen molar-refractivity contribution in [2.75, 3.05) is 38.1 Å². The van der Waals surface area contributed by atoms with E-state index in [1.54, 1.807) is 36.5 Å². The van der Waals surface area contributed by atoms with Gasteiger partial charge in [0.05, 0.1) is 37.4 Å². The Morgan fingerprint density at radius 3 is 2.54 bits per heavy atom. The summed E-state index contributed by atoms with van der Waals surface area (Å²) in [5, 5.41) is 24.2. The SMILES string of the molecule is [2H]C([2H])([2H])NC(=O)c1nnc(Nc2ccc(OC)nn2)cc1Nc1cccc(-c2ncc(CNS(C)(=O)=O)s2)c1OC. The van der Waals surface area contributed by atoms with E-state index in [0.717, 1.165) is 6.26 Å². The predicted octanol–water partition coefficient (Wildman–Crippen LogP) is 2.30. The third-order valence-electron chi connectivity index (χ3n) is 5.01. The number of para-hydroxylation sites is 1. The number of hydrogen-bond donors (Lipinski definition) is 4. The smallest absolute Gasteiger partial charge is 0.273 e. The van der Waals surface area contributed by atoms with Crippen LogP contribution in [0.15, 0.2) is 42.6 Å². The van der Waals surface area contributed by atoms with Gasteiger partial charge in [-0.15, -0.1) is 31.7 Å². The number of carbonyl (C=O) groups is 1. The van der Waals surface area contributed by atoms with Gasteiger partial charge in [-0.3, -0.25) is 4.79 Å². The van der Waals surface area contributed by atoms with Gasteiger partial charge in [0.1, 0.15) is 5.01 Å². The highest BCUT2D eigenvalue weighted by molar-refractivity contribution is 7.88. The van der Waals surface area contributed by atoms with Crippen molar-refractivity contribution in [2.24, 2.45) is 0 Å². The number of carbonyl (C=O) groups excluding carboxylic acids is 1. The van der Waals surface area contributed by atoms with Gasteiger partial charge in [0.15, 0.2) is 23.1 Å². The molecule has 0 aliphatic carbocycles. The Morgan fingerprint density at radius 2 is 1.85 bits per heavy atom. The molecule has 0 fully saturated rings. The molecule has 16 heteroatoms. The fourth-order valence-corrected chi connectivity index (χ4v) is 4.67. The lowest BCUT2D eigenvalue weighted by atomic mass is 10.1. The third kappa shape index (κ3) is 6.92. The van der Waals surface area contributed by atoms with Gasteiger partial charge in [0, 0.05) is 40.8 Å². The van der Waals surface area contributed by atoms with E-state index in [0.29, 0.717) is 38.6 Å². The number of nitrogens with one attached hydrogen (secondary N) is 4. The van der Waals surface area contributed by atoms with Gasteiger partial charge in [-0.25, -0.2) is 18.1 Å². The number of thiazole rings is 1. The first-order chi connectivity index (χ1) is 19.8. The van der Waals surface area contributed by atoms with Crippen LogP contribution < -0.4 is 30.1 Å². The van der Waals surface area contributed by atoms with Crippen molar-refractivity contribution in [1.29, 1.82) is 0 Å². The molecule has 204 valence electrons. The van der Waals surface area contributed by atoms with Crippen LogP contribution in [-0.2, 0) is 16.6 Å². The molecule has 39 heavy (non-hydrogen) atoms. The second-order valence-electron chi connectivity index (χ2n) is 7.77. The van der Waals surface area contributed by atoms with E-state index in [4.69, 9.17) is 13.6 Å². The van der Waals surface area contributed by atoms with Gasteiger partial charge in [0.25, 0.3) is 5.91 Å². The van der Waals surface area contributed by atoms with Gasteiger partial charge < -0.3 is 25.4 Å². The van der Waals surface area contributed by atoms with Crippen molar-refractivity contribution in [1.82, 2.24) is 35.4 Å². The summed E-state index contributed by atoms with van der Waals surface area (Å²) < 4.78 is 58.3. The second-order valence-corrected chi connectivity index (χ2v) is 10.7. The first-order valence-corrected chi connectivity index (χ1v) is 13.7. The van der Waals surface area contributed by atoms with Crippen molar-refractivity contribution >= 4 is 50.3 Å². The van der Waals surface area contributed by atoms with Crippen molar-refractivity contribution in [3.05, 3.63) is 53.2 Å². The van der Waals surface area contributed by atoms with E-state index >= 15 is 0 Å². The van der Waals surface area contributed by atoms with Crippen LogP contribution in [0.1, 0.15) is 19.5 Å². The molecule has 0 spiro atoms. The highest BCUT2D eigenvalue weighted by Gasteiger charge is 2.19. The first kappa shape index (κ1) is 23.7. The van der Waals surface area contributed by atoms with Crippen LogP contribution in [0.4, 0.5) is 23.0 Å². The van der Waals surface area contributed by atoms with Crippen LogP contribution in [0.5, 0.6) is 11.6 Å². The Hall–Kier alpha value is -4.41. The Labute approximate surface area is 232 Å². The van der Waals surface area contributed by atoms with E-state index in [1.807, 2.05) is 5.32 Å². The molecule has 0 bridgehead atoms. The first-order valence-electron chi connectivity index (χ1n) is 12.5. The molecule has 0 radical (unpaired) electrons. The number of benzene rings is 1. The Kier molecular flexibility index (Phi) is 7.27. The van der Waals surface area contributed by atoms with E-state index in [1.165, 1.54) is 31.6 Å². The second kappa shape index (κ2) is 12.0. The number of hydrogen-bond acceptors (Lipinski definition) is 13. The molecule has 1 amide bonds. The highest BCUT2D eigenvalue weighted by Crippen LogP contribution is 2.40. The van der Waals surface area contributed by atoms with E-state index < -0.39 is 22.9 Å². The molecule has 0 unspecified atom stereocenters. The molecule has 3 aromatic heterocycles. The summed E-state index contributed by atoms with van der Waals surface area (Å²) in [5.74, 6) is 0.139. The third-order valence-corrected chi connectivity index (χ3v) is 6.71. The predicted molar refractivity (Wildman–Crippen MR) is 146 cm³/mol. The van der Waals surface area contributed by atoms with Crippen LogP contribution in [0.2, 0.25) is 0 Å². The van der Waals surface area contributed by atoms with Crippen molar-refractivity contribution < 1.29 is 26.8 Å². The standard InChI is InChI=1S/C23H25N9O5S2/c1-24-22(33)20-16(10-18(30-32-20)28-17-8-9-19(36-2)31-29-17)27-15-7-5-6-14(21(15)37-3)23-25-11-13(38-23)12-26-39(4,34)35/h5-11,26H,12H2,1-4H3,(H,24,33)(H2,27,28,29,30)/i1D3. The quantitative estimate of drug-likeness (QED) is 0.205. The Morgan fingerprint density at radius 1 is 1.03 bits per heavy atom. The van der Waals surface area contributed by atoms with Crippen LogP contribution in [-0.4, -0.2) is 67.2 Å². The van der Waals surface area contributed by atoms with Crippen molar-refractivity contribution in [2.45, 2.75) is 6.54 Å². The molecule has 0 aliphatic rings. The fourth-order valence-electron chi connectivity index (χ4n) is 3.29. The van der Waals surface area contributed by atoms with Crippen molar-refractivity contribution in [3.63, 3.8) is 0 Å². The monoisotopic (exact) mass is 574 g/mol. The van der Waals surface area contributed by atoms with Gasteiger partial charge in [-0.1, -0.05) is 6.07 Å². The molecule has 4 rings (SSSR count). The number of sulfonamides is 1. The molecule has 4 aromatic rings. The largest absolute Gasteiger partial charge is 0.494 e. The topological polar surface area (TPSA) is 182 Å². The van der Waals surface area contributed by atoms with Gasteiger partial charge >= 0.3 is 0 Å². The summed E-state index contributed by atoms with van der Waals surface area (Å²) in [4.78, 5) is 17.9. The summed E-state index contributed by atoms with van der Waals surface area (Å²) in [6.07, 6.45) is 2.63. The maximum absolute atomic E-state index is 12.8. The number of nitrogens with zero attached hydrogens (tertiary/aromatic N) is 5. The lowest BCUT2D eigenvalue weighted by molar-refractivity contribution is 0.0958. The normalized spacial score (nSPS) is 12.5. The van der Waals surface area contributed by atoms with E-state index in [9.17, 15) is 13.2 Å². The summed E-state index contributed by atoms with van der Waals surface area (Å²) in [6, 6.07) is 9.78. The molecule has 0 atom stereocenters. The average Bonchev–Trinajstić information content (AvgIpc) is 3.40. The molecule has 0 saturated carbocycles. The summed E-state index contributed by atoms with van der Waals surface area (Å²) in [7, 11) is -0.479. The summed E-state index contributed by atoms with van der Waals surface area (Å²) in [5.41, 5.74) is 0.782. The molecule has 1 aromatic carbocycles. The Balaban J connectivity index is 1.69. The number of methoxy groups -OCH3 is 2. The average molecular weight is 575 g/mol. The lowest BCUT2D eigenvalue weighted by Gasteiger charge is -2.16. The zero-order valence-corrected chi connectivity index (χ0v) is 22.5. The molecule has 0 saturated heterocycles. The zero-order valence-electron chi connectivity index (χ0n) is 23.8. The number of rotatable bonds is 11. The van der Waals surface area contributed by atoms with Crippen LogP contribution in [0.25, 0.3) is 10.6 Å². The highest BCUT2D eigenvalue weighted by atomic mass is 32.2. The lowest BCUT2D eigenvalue weighted by Crippen LogP contribution is -2.21. The summed E-state index contributed by atoms with van der Waals surface area (Å²) >= 11 is 1.27. The van der Waals surface area contributed by atoms with Crippen LogP contribution >= 0.6 is 11.3 Å². The molecule has 14 nitrogen and oxygen atoms in total. The van der Waals surface area contributed by atoms with Crippen molar-refractivity contribution in [3.8, 4) is 22.2 Å². The molecule has 0 aliphatic heterocycles.